The SMILES string of the molecule is O=C(NCC12CC=C3C(CC3C1)C2)c1cccc2nc(CCc3nnn[nH]3)cn12. The van der Waals surface area contributed by atoms with Crippen LogP contribution in [0.25, 0.3) is 5.65 Å². The Morgan fingerprint density at radius 1 is 1.28 bits per heavy atom. The summed E-state index contributed by atoms with van der Waals surface area (Å²) in [5, 5.41) is 17.1. The van der Waals surface area contributed by atoms with Gasteiger partial charge < -0.3 is 5.32 Å². The third-order valence-electron chi connectivity index (χ3n) is 7.05. The summed E-state index contributed by atoms with van der Waals surface area (Å²) in [6, 6.07) is 5.69. The van der Waals surface area contributed by atoms with Crippen molar-refractivity contribution >= 4 is 11.6 Å². The van der Waals surface area contributed by atoms with Crippen LogP contribution in [0.3, 0.4) is 0 Å². The maximum atomic E-state index is 13.0. The van der Waals surface area contributed by atoms with Gasteiger partial charge in [0.15, 0.2) is 0 Å². The summed E-state index contributed by atoms with van der Waals surface area (Å²) in [6.07, 6.45) is 10.7. The van der Waals surface area contributed by atoms with Gasteiger partial charge in [0, 0.05) is 19.2 Å². The summed E-state index contributed by atoms with van der Waals surface area (Å²) >= 11 is 0. The Morgan fingerprint density at radius 2 is 2.17 bits per heavy atom. The predicted octanol–water partition coefficient (Wildman–Crippen LogP) is 2.11. The number of pyridine rings is 1. The second-order valence-electron chi connectivity index (χ2n) is 8.85. The highest BCUT2D eigenvalue weighted by Crippen LogP contribution is 2.62. The number of nitrogens with zero attached hydrogens (tertiary/aromatic N) is 5. The molecule has 2 unspecified atom stereocenters. The lowest BCUT2D eigenvalue weighted by molar-refractivity contribution is 0.0369. The zero-order valence-electron chi connectivity index (χ0n) is 16.1. The number of aryl methyl sites for hydroxylation is 2. The molecule has 8 rings (SSSR count). The van der Waals surface area contributed by atoms with Crippen molar-refractivity contribution in [2.75, 3.05) is 6.54 Å². The van der Waals surface area contributed by atoms with E-state index in [4.69, 9.17) is 0 Å². The maximum Gasteiger partial charge on any atom is 0.268 e. The second-order valence-corrected chi connectivity index (χ2v) is 8.85. The molecule has 3 aromatic heterocycles. The summed E-state index contributed by atoms with van der Waals surface area (Å²) in [5.41, 5.74) is 4.30. The molecule has 0 spiro atoms. The molecule has 0 aliphatic heterocycles. The summed E-state index contributed by atoms with van der Waals surface area (Å²) < 4.78 is 1.89. The fraction of sp³-hybridized carbons (Fsp3) is 0.476. The Bertz CT molecular complexity index is 1100. The van der Waals surface area contributed by atoms with Crippen molar-refractivity contribution in [3.05, 3.63) is 53.3 Å². The third-order valence-corrected chi connectivity index (χ3v) is 7.05. The number of carbonyl (C=O) groups is 1. The van der Waals surface area contributed by atoms with Crippen molar-refractivity contribution in [2.45, 2.75) is 38.5 Å². The van der Waals surface area contributed by atoms with Crippen molar-refractivity contribution in [3.8, 4) is 0 Å². The van der Waals surface area contributed by atoms with Crippen molar-refractivity contribution < 1.29 is 4.79 Å². The van der Waals surface area contributed by atoms with Crippen LogP contribution in [0.15, 0.2) is 36.0 Å². The van der Waals surface area contributed by atoms with E-state index in [1.807, 2.05) is 28.8 Å². The minimum atomic E-state index is -0.0256. The molecular formula is C21H23N7O. The van der Waals surface area contributed by atoms with E-state index in [-0.39, 0.29) is 11.3 Å². The number of aromatic amines is 1. The molecule has 4 bridgehead atoms. The number of carbonyl (C=O) groups excluding carboxylic acids is 1. The molecular weight excluding hydrogens is 366 g/mol. The average molecular weight is 389 g/mol. The average Bonchev–Trinajstić information content (AvgIpc) is 3.39. The maximum absolute atomic E-state index is 13.0. The number of H-pyrrole nitrogens is 1. The molecule has 3 aromatic rings. The molecule has 3 heterocycles. The number of imidazole rings is 1. The van der Waals surface area contributed by atoms with E-state index < -0.39 is 0 Å². The number of nitrogens with one attached hydrogen (secondary N) is 2. The van der Waals surface area contributed by atoms with Gasteiger partial charge in [0.1, 0.15) is 17.2 Å². The molecule has 5 aliphatic rings. The van der Waals surface area contributed by atoms with Crippen LogP contribution >= 0.6 is 0 Å². The number of rotatable bonds is 6. The fourth-order valence-corrected chi connectivity index (χ4v) is 5.63. The minimum absolute atomic E-state index is 0.0256. The van der Waals surface area contributed by atoms with Gasteiger partial charge in [-0.15, -0.1) is 5.10 Å². The predicted molar refractivity (Wildman–Crippen MR) is 105 cm³/mol. The number of allylic oxidation sites excluding steroid dienone is 2. The van der Waals surface area contributed by atoms with Gasteiger partial charge in [0.25, 0.3) is 5.91 Å². The lowest BCUT2D eigenvalue weighted by atomic mass is 9.48. The smallest absolute Gasteiger partial charge is 0.268 e. The summed E-state index contributed by atoms with van der Waals surface area (Å²) in [6.45, 7) is 0.763. The van der Waals surface area contributed by atoms with E-state index in [0.29, 0.717) is 18.5 Å². The topological polar surface area (TPSA) is 101 Å². The van der Waals surface area contributed by atoms with Crippen LogP contribution < -0.4 is 5.32 Å². The van der Waals surface area contributed by atoms with E-state index in [2.05, 4.69) is 37.0 Å². The minimum Gasteiger partial charge on any atom is -0.350 e. The van der Waals surface area contributed by atoms with E-state index in [9.17, 15) is 4.79 Å². The molecule has 29 heavy (non-hydrogen) atoms. The Labute approximate surface area is 167 Å². The Balaban J connectivity index is 1.18. The van der Waals surface area contributed by atoms with Crippen LogP contribution in [0.4, 0.5) is 0 Å². The second kappa shape index (κ2) is 6.23. The molecule has 8 heteroatoms. The van der Waals surface area contributed by atoms with E-state index in [0.717, 1.165) is 42.0 Å². The van der Waals surface area contributed by atoms with Crippen LogP contribution in [0, 0.1) is 17.3 Å². The standard InChI is InChI=1S/C21H23N7O/c29-20(22-12-21-7-6-16-13(9-21)8-14(16)10-21)17-2-1-3-19-23-15(11-28(17)19)4-5-18-24-26-27-25-18/h1-3,6,11,13-14H,4-5,7-10,12H2,(H,22,29)(H,24,25,26,27). The zero-order valence-corrected chi connectivity index (χ0v) is 16.1. The quantitative estimate of drug-likeness (QED) is 0.629. The van der Waals surface area contributed by atoms with E-state index in [1.165, 1.54) is 19.3 Å². The Morgan fingerprint density at radius 3 is 2.97 bits per heavy atom. The van der Waals surface area contributed by atoms with Crippen LogP contribution in [0.5, 0.6) is 0 Å². The van der Waals surface area contributed by atoms with E-state index in [1.54, 1.807) is 5.57 Å². The first-order chi connectivity index (χ1) is 14.2. The fourth-order valence-electron chi connectivity index (χ4n) is 5.63. The van der Waals surface area contributed by atoms with Gasteiger partial charge in [0.05, 0.1) is 5.69 Å². The number of amides is 1. The molecule has 1 amide bonds. The van der Waals surface area contributed by atoms with Crippen molar-refractivity contribution in [1.82, 2.24) is 35.3 Å². The molecule has 2 atom stereocenters. The van der Waals surface area contributed by atoms with Crippen LogP contribution in [0.1, 0.15) is 47.7 Å². The molecule has 0 saturated heterocycles. The van der Waals surface area contributed by atoms with Crippen LogP contribution in [-0.2, 0) is 12.8 Å². The first-order valence-corrected chi connectivity index (χ1v) is 10.4. The van der Waals surface area contributed by atoms with Gasteiger partial charge in [-0.05, 0) is 71.9 Å². The molecule has 2 N–H and O–H groups in total. The molecule has 8 nitrogen and oxygen atoms in total. The summed E-state index contributed by atoms with van der Waals surface area (Å²) in [4.78, 5) is 17.7. The van der Waals surface area contributed by atoms with Gasteiger partial charge in [0.2, 0.25) is 0 Å². The largest absolute Gasteiger partial charge is 0.350 e. The highest BCUT2D eigenvalue weighted by molar-refractivity contribution is 5.93. The first kappa shape index (κ1) is 16.9. The van der Waals surface area contributed by atoms with Gasteiger partial charge >= 0.3 is 0 Å². The number of fused-ring (bicyclic) bond motifs is 2. The number of hydrogen-bond acceptors (Lipinski definition) is 5. The Hall–Kier alpha value is -3.03. The third kappa shape index (κ3) is 2.77. The highest BCUT2D eigenvalue weighted by Gasteiger charge is 2.52. The lowest BCUT2D eigenvalue weighted by Crippen LogP contribution is -2.51. The van der Waals surface area contributed by atoms with Crippen molar-refractivity contribution in [3.63, 3.8) is 0 Å². The normalized spacial score (nSPS) is 27.0. The van der Waals surface area contributed by atoms with Gasteiger partial charge in [-0.25, -0.2) is 10.1 Å². The number of aromatic nitrogens is 6. The van der Waals surface area contributed by atoms with Gasteiger partial charge in [-0.1, -0.05) is 17.7 Å². The molecule has 0 radical (unpaired) electrons. The summed E-state index contributed by atoms with van der Waals surface area (Å²) in [7, 11) is 0. The van der Waals surface area contributed by atoms with Gasteiger partial charge in [-0.3, -0.25) is 9.20 Å². The monoisotopic (exact) mass is 389 g/mol. The highest BCUT2D eigenvalue weighted by atomic mass is 16.1. The number of tetrazole rings is 1. The molecule has 3 fully saturated rings. The lowest BCUT2D eigenvalue weighted by Gasteiger charge is -2.58. The first-order valence-electron chi connectivity index (χ1n) is 10.4. The molecule has 0 aromatic carbocycles. The van der Waals surface area contributed by atoms with E-state index >= 15 is 0 Å². The van der Waals surface area contributed by atoms with Crippen LogP contribution in [-0.4, -0.2) is 42.5 Å². The molecule has 148 valence electrons. The van der Waals surface area contributed by atoms with Crippen molar-refractivity contribution in [2.24, 2.45) is 17.3 Å². The van der Waals surface area contributed by atoms with Crippen LogP contribution in [0.2, 0.25) is 0 Å². The van der Waals surface area contributed by atoms with Gasteiger partial charge in [-0.2, -0.15) is 0 Å². The zero-order chi connectivity index (χ0) is 19.4. The molecule has 3 saturated carbocycles. The summed E-state index contributed by atoms with van der Waals surface area (Å²) in [5.74, 6) is 2.29. The Kier molecular flexibility index (Phi) is 3.63. The number of hydrogen-bond donors (Lipinski definition) is 2. The molecule has 5 aliphatic carbocycles. The van der Waals surface area contributed by atoms with Crippen molar-refractivity contribution in [1.29, 1.82) is 0 Å².